The Morgan fingerprint density at radius 1 is 1.47 bits per heavy atom. The fourth-order valence-corrected chi connectivity index (χ4v) is 2.24. The Balaban J connectivity index is 2.18. The summed E-state index contributed by atoms with van der Waals surface area (Å²) in [6, 6.07) is 5.83. The van der Waals surface area contributed by atoms with E-state index in [1.165, 1.54) is 0 Å². The standard InChI is InChI=1S/C13H13BrN2O3/c1-3-18-12(17)7-11-15-13(16-19-11)9-5-4-8(2)6-10(9)14/h4-6H,3,7H2,1-2H3. The van der Waals surface area contributed by atoms with E-state index >= 15 is 0 Å². The van der Waals surface area contributed by atoms with Crippen molar-refractivity contribution < 1.29 is 14.1 Å². The number of hydrogen-bond donors (Lipinski definition) is 0. The van der Waals surface area contributed by atoms with Crippen LogP contribution in [-0.2, 0) is 16.0 Å². The van der Waals surface area contributed by atoms with Crippen molar-refractivity contribution in [1.29, 1.82) is 0 Å². The molecule has 1 aromatic heterocycles. The van der Waals surface area contributed by atoms with Crippen molar-refractivity contribution in [2.24, 2.45) is 0 Å². The molecular weight excluding hydrogens is 312 g/mol. The topological polar surface area (TPSA) is 65.2 Å². The zero-order valence-electron chi connectivity index (χ0n) is 10.6. The maximum atomic E-state index is 11.3. The Labute approximate surface area is 119 Å². The highest BCUT2D eigenvalue weighted by Gasteiger charge is 2.14. The predicted octanol–water partition coefficient (Wildman–Crippen LogP) is 2.91. The summed E-state index contributed by atoms with van der Waals surface area (Å²) in [5, 5.41) is 3.87. The molecule has 0 saturated carbocycles. The Bertz CT molecular complexity index is 595. The average Bonchev–Trinajstić information content (AvgIpc) is 2.77. The minimum Gasteiger partial charge on any atom is -0.466 e. The van der Waals surface area contributed by atoms with Crippen LogP contribution in [0.25, 0.3) is 11.4 Å². The third kappa shape index (κ3) is 3.41. The first kappa shape index (κ1) is 13.7. The lowest BCUT2D eigenvalue weighted by Gasteiger charge is -1.99. The van der Waals surface area contributed by atoms with Gasteiger partial charge in [-0.05, 0) is 31.5 Å². The molecule has 0 unspecified atom stereocenters. The summed E-state index contributed by atoms with van der Waals surface area (Å²) < 4.78 is 10.7. The van der Waals surface area contributed by atoms with Crippen LogP contribution in [0.4, 0.5) is 0 Å². The molecule has 1 heterocycles. The van der Waals surface area contributed by atoms with Crippen LogP contribution in [0.5, 0.6) is 0 Å². The highest BCUT2D eigenvalue weighted by Crippen LogP contribution is 2.26. The van der Waals surface area contributed by atoms with Crippen molar-refractivity contribution in [2.75, 3.05) is 6.61 Å². The van der Waals surface area contributed by atoms with E-state index in [0.29, 0.717) is 12.4 Å². The first-order valence-corrected chi connectivity index (χ1v) is 6.64. The molecule has 0 amide bonds. The third-order valence-corrected chi connectivity index (χ3v) is 3.09. The molecule has 19 heavy (non-hydrogen) atoms. The number of benzene rings is 1. The van der Waals surface area contributed by atoms with Crippen LogP contribution >= 0.6 is 15.9 Å². The summed E-state index contributed by atoms with van der Waals surface area (Å²) in [5.74, 6) is 0.327. The van der Waals surface area contributed by atoms with Gasteiger partial charge in [-0.25, -0.2) is 0 Å². The van der Waals surface area contributed by atoms with Gasteiger partial charge in [0.25, 0.3) is 0 Å². The maximum absolute atomic E-state index is 11.3. The number of nitrogens with zero attached hydrogens (tertiary/aromatic N) is 2. The summed E-state index contributed by atoms with van der Waals surface area (Å²) in [4.78, 5) is 15.5. The number of carbonyl (C=O) groups is 1. The second-order valence-corrected chi connectivity index (χ2v) is 4.83. The Morgan fingerprint density at radius 2 is 2.26 bits per heavy atom. The summed E-state index contributed by atoms with van der Waals surface area (Å²) >= 11 is 3.46. The second kappa shape index (κ2) is 5.97. The molecule has 0 fully saturated rings. The van der Waals surface area contributed by atoms with E-state index in [0.717, 1.165) is 15.6 Å². The van der Waals surface area contributed by atoms with Gasteiger partial charge < -0.3 is 9.26 Å². The number of aryl methyl sites for hydroxylation is 1. The van der Waals surface area contributed by atoms with Crippen molar-refractivity contribution in [3.63, 3.8) is 0 Å². The highest BCUT2D eigenvalue weighted by molar-refractivity contribution is 9.10. The van der Waals surface area contributed by atoms with Crippen LogP contribution in [0.2, 0.25) is 0 Å². The predicted molar refractivity (Wildman–Crippen MR) is 72.5 cm³/mol. The van der Waals surface area contributed by atoms with Crippen LogP contribution in [0.1, 0.15) is 18.4 Å². The quantitative estimate of drug-likeness (QED) is 0.809. The van der Waals surface area contributed by atoms with Crippen LogP contribution in [0, 0.1) is 6.92 Å². The normalized spacial score (nSPS) is 10.5. The van der Waals surface area contributed by atoms with E-state index < -0.39 is 0 Å². The van der Waals surface area contributed by atoms with Crippen molar-refractivity contribution in [1.82, 2.24) is 10.1 Å². The van der Waals surface area contributed by atoms with Gasteiger partial charge in [0, 0.05) is 10.0 Å². The van der Waals surface area contributed by atoms with Crippen molar-refractivity contribution in [2.45, 2.75) is 20.3 Å². The fraction of sp³-hybridized carbons (Fsp3) is 0.308. The van der Waals surface area contributed by atoms with Gasteiger partial charge in [-0.1, -0.05) is 27.2 Å². The van der Waals surface area contributed by atoms with Crippen LogP contribution in [0.3, 0.4) is 0 Å². The lowest BCUT2D eigenvalue weighted by molar-refractivity contribution is -0.142. The van der Waals surface area contributed by atoms with Crippen LogP contribution in [-0.4, -0.2) is 22.7 Å². The van der Waals surface area contributed by atoms with E-state index in [2.05, 4.69) is 26.1 Å². The van der Waals surface area contributed by atoms with Crippen molar-refractivity contribution in [3.05, 3.63) is 34.1 Å². The van der Waals surface area contributed by atoms with E-state index in [1.54, 1.807) is 6.92 Å². The number of hydrogen-bond acceptors (Lipinski definition) is 5. The molecule has 0 bridgehead atoms. The van der Waals surface area contributed by atoms with Crippen molar-refractivity contribution in [3.8, 4) is 11.4 Å². The zero-order valence-corrected chi connectivity index (χ0v) is 12.2. The second-order valence-electron chi connectivity index (χ2n) is 3.98. The highest BCUT2D eigenvalue weighted by atomic mass is 79.9. The minimum atomic E-state index is -0.374. The Kier molecular flexibility index (Phi) is 4.31. The Hall–Kier alpha value is -1.69. The Morgan fingerprint density at radius 3 is 2.95 bits per heavy atom. The number of esters is 1. The molecule has 0 aliphatic heterocycles. The smallest absolute Gasteiger partial charge is 0.315 e. The molecule has 5 nitrogen and oxygen atoms in total. The zero-order chi connectivity index (χ0) is 13.8. The number of halogens is 1. The molecule has 0 N–H and O–H groups in total. The number of aromatic nitrogens is 2. The van der Waals surface area contributed by atoms with Gasteiger partial charge in [-0.3, -0.25) is 4.79 Å². The number of carbonyl (C=O) groups excluding carboxylic acids is 1. The molecule has 0 spiro atoms. The van der Waals surface area contributed by atoms with Gasteiger partial charge in [0.1, 0.15) is 6.42 Å². The SMILES string of the molecule is CCOC(=O)Cc1nc(-c2ccc(C)cc2Br)no1. The van der Waals surface area contributed by atoms with Gasteiger partial charge in [-0.15, -0.1) is 0 Å². The molecule has 1 aromatic carbocycles. The van der Waals surface area contributed by atoms with Crippen molar-refractivity contribution >= 4 is 21.9 Å². The number of rotatable bonds is 4. The molecule has 2 rings (SSSR count). The van der Waals surface area contributed by atoms with Gasteiger partial charge in [-0.2, -0.15) is 4.98 Å². The molecule has 0 saturated heterocycles. The lowest BCUT2D eigenvalue weighted by atomic mass is 10.1. The average molecular weight is 325 g/mol. The van der Waals surface area contributed by atoms with Gasteiger partial charge in [0.15, 0.2) is 0 Å². The third-order valence-electron chi connectivity index (χ3n) is 2.43. The summed E-state index contributed by atoms with van der Waals surface area (Å²) in [6.07, 6.45) is -0.00960. The van der Waals surface area contributed by atoms with Gasteiger partial charge in [0.2, 0.25) is 11.7 Å². The molecule has 6 heteroatoms. The molecule has 0 aliphatic carbocycles. The summed E-state index contributed by atoms with van der Waals surface area (Å²) in [5.41, 5.74) is 1.95. The van der Waals surface area contributed by atoms with Gasteiger partial charge in [0.05, 0.1) is 6.61 Å². The van der Waals surface area contributed by atoms with E-state index in [-0.39, 0.29) is 18.3 Å². The molecule has 100 valence electrons. The minimum absolute atomic E-state index is 0.00960. The van der Waals surface area contributed by atoms with E-state index in [1.807, 2.05) is 25.1 Å². The van der Waals surface area contributed by atoms with Crippen LogP contribution < -0.4 is 0 Å². The number of ether oxygens (including phenoxy) is 1. The van der Waals surface area contributed by atoms with Crippen LogP contribution in [0.15, 0.2) is 27.2 Å². The molecular formula is C13H13BrN2O3. The van der Waals surface area contributed by atoms with E-state index in [9.17, 15) is 4.79 Å². The first-order chi connectivity index (χ1) is 9.10. The molecule has 2 aromatic rings. The lowest BCUT2D eigenvalue weighted by Crippen LogP contribution is -2.07. The monoisotopic (exact) mass is 324 g/mol. The largest absolute Gasteiger partial charge is 0.466 e. The van der Waals surface area contributed by atoms with E-state index in [4.69, 9.17) is 9.26 Å². The molecule has 0 aliphatic rings. The first-order valence-electron chi connectivity index (χ1n) is 5.85. The molecule has 0 radical (unpaired) electrons. The molecule has 0 atom stereocenters. The maximum Gasteiger partial charge on any atom is 0.315 e. The summed E-state index contributed by atoms with van der Waals surface area (Å²) in [7, 11) is 0. The fourth-order valence-electron chi connectivity index (χ4n) is 1.57. The van der Waals surface area contributed by atoms with Gasteiger partial charge >= 0.3 is 5.97 Å². The summed E-state index contributed by atoms with van der Waals surface area (Å²) in [6.45, 7) is 4.08.